The number of carboxylic acid groups (broad SMARTS) is 1. The van der Waals surface area contributed by atoms with Crippen LogP contribution in [0.1, 0.15) is 50.2 Å². The molecule has 0 radical (unpaired) electrons. The highest BCUT2D eigenvalue weighted by Crippen LogP contribution is 2.44. The van der Waals surface area contributed by atoms with Gasteiger partial charge in [0.25, 0.3) is 0 Å². The molecule has 1 fully saturated rings. The van der Waals surface area contributed by atoms with Crippen LogP contribution in [0.25, 0.3) is 11.1 Å². The summed E-state index contributed by atoms with van der Waals surface area (Å²) in [4.78, 5) is 36.7. The van der Waals surface area contributed by atoms with Crippen molar-refractivity contribution in [1.82, 2.24) is 10.6 Å². The van der Waals surface area contributed by atoms with E-state index in [0.29, 0.717) is 13.0 Å². The van der Waals surface area contributed by atoms with E-state index in [1.54, 1.807) is 0 Å². The maximum Gasteiger partial charge on any atom is 0.407 e. The zero-order valence-corrected chi connectivity index (χ0v) is 19.4. The molecule has 2 aromatic carbocycles. The molecule has 0 bridgehead atoms. The molecular weight excluding hydrogens is 436 g/mol. The fourth-order valence-electron chi connectivity index (χ4n) is 4.69. The Bertz CT molecular complexity index is 1040. The minimum atomic E-state index is -1.05. The van der Waals surface area contributed by atoms with Gasteiger partial charge in [-0.2, -0.15) is 0 Å². The molecule has 1 aliphatic heterocycles. The smallest absolute Gasteiger partial charge is 0.407 e. The monoisotopic (exact) mass is 466 g/mol. The standard InChI is InChI=1S/C26H30N2O6/c1-16-26(2,13-14-33-16)28-24(31)22(11-12-23(29)30)27-25(32)34-15-21-19-9-5-3-7-17(19)18-8-4-6-10-20(18)21/h3-10,16,21-22H,11-15H2,1-2H3,(H,27,32)(H,28,31)(H,29,30). The average Bonchev–Trinajstić information content (AvgIpc) is 3.31. The summed E-state index contributed by atoms with van der Waals surface area (Å²) in [7, 11) is 0. The van der Waals surface area contributed by atoms with Gasteiger partial charge in [-0.05, 0) is 48.9 Å². The second-order valence-corrected chi connectivity index (χ2v) is 9.12. The van der Waals surface area contributed by atoms with Crippen LogP contribution in [0.3, 0.4) is 0 Å². The van der Waals surface area contributed by atoms with Crippen LogP contribution in [-0.2, 0) is 19.1 Å². The van der Waals surface area contributed by atoms with Gasteiger partial charge in [-0.3, -0.25) is 9.59 Å². The van der Waals surface area contributed by atoms with Gasteiger partial charge in [0.2, 0.25) is 5.91 Å². The quantitative estimate of drug-likeness (QED) is 0.549. The zero-order chi connectivity index (χ0) is 24.3. The molecular formula is C26H30N2O6. The van der Waals surface area contributed by atoms with Crippen molar-refractivity contribution in [3.05, 3.63) is 59.7 Å². The third-order valence-corrected chi connectivity index (χ3v) is 6.89. The fraction of sp³-hybridized carbons (Fsp3) is 0.423. The number of amides is 2. The van der Waals surface area contributed by atoms with Crippen molar-refractivity contribution in [2.75, 3.05) is 13.2 Å². The molecule has 1 saturated heterocycles. The summed E-state index contributed by atoms with van der Waals surface area (Å²) in [5.74, 6) is -1.61. The number of benzene rings is 2. The van der Waals surface area contributed by atoms with Crippen LogP contribution in [-0.4, -0.2) is 54.0 Å². The number of rotatable bonds is 8. The summed E-state index contributed by atoms with van der Waals surface area (Å²) in [6.45, 7) is 4.38. The first kappa shape index (κ1) is 23.8. The van der Waals surface area contributed by atoms with Gasteiger partial charge in [0.1, 0.15) is 12.6 Å². The first-order valence-electron chi connectivity index (χ1n) is 11.6. The van der Waals surface area contributed by atoms with Crippen LogP contribution >= 0.6 is 0 Å². The van der Waals surface area contributed by atoms with E-state index in [1.165, 1.54) is 0 Å². The van der Waals surface area contributed by atoms with E-state index in [-0.39, 0.29) is 31.5 Å². The molecule has 180 valence electrons. The Morgan fingerprint density at radius 2 is 1.74 bits per heavy atom. The highest BCUT2D eigenvalue weighted by Gasteiger charge is 2.40. The molecule has 0 spiro atoms. The minimum absolute atomic E-state index is 0.0450. The predicted octanol–water partition coefficient (Wildman–Crippen LogP) is 3.44. The SMILES string of the molecule is CC1OCCC1(C)NC(=O)C(CCC(=O)O)NC(=O)OCC1c2ccccc2-c2ccccc21. The van der Waals surface area contributed by atoms with Gasteiger partial charge < -0.3 is 25.2 Å². The molecule has 1 aliphatic carbocycles. The molecule has 8 heteroatoms. The minimum Gasteiger partial charge on any atom is -0.481 e. The molecule has 1 heterocycles. The normalized spacial score (nSPS) is 21.9. The van der Waals surface area contributed by atoms with E-state index in [1.807, 2.05) is 50.2 Å². The molecule has 3 unspecified atom stereocenters. The summed E-state index contributed by atoms with van der Waals surface area (Å²) in [5.41, 5.74) is 3.82. The number of hydrogen-bond acceptors (Lipinski definition) is 5. The van der Waals surface area contributed by atoms with Crippen molar-refractivity contribution >= 4 is 18.0 Å². The molecule has 2 aliphatic rings. The largest absolute Gasteiger partial charge is 0.481 e. The number of hydrogen-bond donors (Lipinski definition) is 3. The molecule has 0 saturated carbocycles. The van der Waals surface area contributed by atoms with Crippen LogP contribution in [0, 0.1) is 0 Å². The van der Waals surface area contributed by atoms with Crippen molar-refractivity contribution in [3.63, 3.8) is 0 Å². The summed E-state index contributed by atoms with van der Waals surface area (Å²) in [6.07, 6.45) is -0.614. The van der Waals surface area contributed by atoms with E-state index in [4.69, 9.17) is 14.6 Å². The summed E-state index contributed by atoms with van der Waals surface area (Å²) < 4.78 is 11.1. The highest BCUT2D eigenvalue weighted by molar-refractivity contribution is 5.87. The van der Waals surface area contributed by atoms with E-state index in [0.717, 1.165) is 22.3 Å². The van der Waals surface area contributed by atoms with Gasteiger partial charge >= 0.3 is 12.1 Å². The van der Waals surface area contributed by atoms with Crippen LogP contribution in [0.2, 0.25) is 0 Å². The van der Waals surface area contributed by atoms with Crippen molar-refractivity contribution in [3.8, 4) is 11.1 Å². The van der Waals surface area contributed by atoms with Crippen LogP contribution in [0.4, 0.5) is 4.79 Å². The van der Waals surface area contributed by atoms with Crippen LogP contribution < -0.4 is 10.6 Å². The molecule has 3 N–H and O–H groups in total. The maximum absolute atomic E-state index is 13.0. The Morgan fingerprint density at radius 3 is 2.29 bits per heavy atom. The Morgan fingerprint density at radius 1 is 1.12 bits per heavy atom. The van der Waals surface area contributed by atoms with Gasteiger partial charge in [0.05, 0.1) is 11.6 Å². The molecule has 4 rings (SSSR count). The number of fused-ring (bicyclic) bond motifs is 3. The second-order valence-electron chi connectivity index (χ2n) is 9.12. The number of carboxylic acids is 1. The predicted molar refractivity (Wildman–Crippen MR) is 125 cm³/mol. The zero-order valence-electron chi connectivity index (χ0n) is 19.4. The van der Waals surface area contributed by atoms with Crippen LogP contribution in [0.15, 0.2) is 48.5 Å². The number of carbonyl (C=O) groups is 3. The van der Waals surface area contributed by atoms with E-state index in [2.05, 4.69) is 22.8 Å². The Kier molecular flexibility index (Phi) is 6.88. The summed E-state index contributed by atoms with van der Waals surface area (Å²) in [5, 5.41) is 14.6. The van der Waals surface area contributed by atoms with Gasteiger partial charge in [-0.25, -0.2) is 4.79 Å². The number of ether oxygens (including phenoxy) is 2. The average molecular weight is 467 g/mol. The van der Waals surface area contributed by atoms with Crippen molar-refractivity contribution < 1.29 is 29.0 Å². The number of aliphatic carboxylic acids is 1. The topological polar surface area (TPSA) is 114 Å². The molecule has 34 heavy (non-hydrogen) atoms. The number of carbonyl (C=O) groups excluding carboxylic acids is 2. The Balaban J connectivity index is 1.42. The van der Waals surface area contributed by atoms with Gasteiger partial charge in [0, 0.05) is 18.9 Å². The molecule has 3 atom stereocenters. The van der Waals surface area contributed by atoms with Crippen molar-refractivity contribution in [2.24, 2.45) is 0 Å². The van der Waals surface area contributed by atoms with Gasteiger partial charge in [-0.15, -0.1) is 0 Å². The summed E-state index contributed by atoms with van der Waals surface area (Å²) in [6, 6.07) is 15.0. The second kappa shape index (κ2) is 9.85. The number of nitrogens with one attached hydrogen (secondary N) is 2. The molecule has 8 nitrogen and oxygen atoms in total. The molecule has 2 aromatic rings. The fourth-order valence-corrected chi connectivity index (χ4v) is 4.69. The lowest BCUT2D eigenvalue weighted by molar-refractivity contribution is -0.137. The Labute approximate surface area is 198 Å². The third-order valence-electron chi connectivity index (χ3n) is 6.89. The first-order chi connectivity index (χ1) is 16.3. The van der Waals surface area contributed by atoms with Gasteiger partial charge in [-0.1, -0.05) is 48.5 Å². The van der Waals surface area contributed by atoms with Gasteiger partial charge in [0.15, 0.2) is 0 Å². The van der Waals surface area contributed by atoms with E-state index >= 15 is 0 Å². The number of alkyl carbamates (subject to hydrolysis) is 1. The van der Waals surface area contributed by atoms with Crippen LogP contribution in [0.5, 0.6) is 0 Å². The Hall–Kier alpha value is -3.39. The lowest BCUT2D eigenvalue weighted by Crippen LogP contribution is -2.57. The lowest BCUT2D eigenvalue weighted by Gasteiger charge is -2.31. The van der Waals surface area contributed by atoms with E-state index < -0.39 is 29.6 Å². The molecule has 2 amide bonds. The third kappa shape index (κ3) is 4.92. The lowest BCUT2D eigenvalue weighted by atomic mass is 9.94. The van der Waals surface area contributed by atoms with E-state index in [9.17, 15) is 14.4 Å². The van der Waals surface area contributed by atoms with Crippen molar-refractivity contribution in [2.45, 2.75) is 56.7 Å². The maximum atomic E-state index is 13.0. The first-order valence-corrected chi connectivity index (χ1v) is 11.6. The molecule has 0 aromatic heterocycles. The van der Waals surface area contributed by atoms with Crippen molar-refractivity contribution in [1.29, 1.82) is 0 Å². The summed E-state index contributed by atoms with van der Waals surface area (Å²) >= 11 is 0. The highest BCUT2D eigenvalue weighted by atomic mass is 16.5.